The second-order valence-electron chi connectivity index (χ2n) is 4.12. The molecule has 2 aromatic rings. The average Bonchev–Trinajstić information content (AvgIpc) is 2.84. The number of ether oxygens (including phenoxy) is 2. The van der Waals surface area contributed by atoms with Gasteiger partial charge in [-0.25, -0.2) is 0 Å². The van der Waals surface area contributed by atoms with Crippen molar-refractivity contribution in [3.8, 4) is 11.5 Å². The molecule has 5 heteroatoms. The number of methoxy groups -OCH3 is 2. The van der Waals surface area contributed by atoms with Gasteiger partial charge >= 0.3 is 0 Å². The van der Waals surface area contributed by atoms with Crippen LogP contribution in [0.4, 0.5) is 0 Å². The SMILES string of the molecule is COc1cc(Br)c(C(O)c2coc(C)c2)cc1OC. The second-order valence-corrected chi connectivity index (χ2v) is 4.98. The number of aliphatic hydroxyl groups excluding tert-OH is 1. The van der Waals surface area contributed by atoms with Gasteiger partial charge in [0.2, 0.25) is 0 Å². The Labute approximate surface area is 120 Å². The highest BCUT2D eigenvalue weighted by Crippen LogP contribution is 2.38. The van der Waals surface area contributed by atoms with Crippen LogP contribution in [0.25, 0.3) is 0 Å². The molecule has 0 aliphatic carbocycles. The Bertz CT molecular complexity index is 577. The lowest BCUT2D eigenvalue weighted by atomic mass is 10.0. The zero-order valence-corrected chi connectivity index (χ0v) is 12.5. The lowest BCUT2D eigenvalue weighted by molar-refractivity contribution is 0.217. The van der Waals surface area contributed by atoms with Gasteiger partial charge in [-0.05, 0) is 25.1 Å². The summed E-state index contributed by atoms with van der Waals surface area (Å²) in [6.07, 6.45) is 0.759. The number of aliphatic hydroxyl groups is 1. The molecule has 1 aromatic carbocycles. The summed E-state index contributed by atoms with van der Waals surface area (Å²) in [6.45, 7) is 1.83. The van der Waals surface area contributed by atoms with Crippen LogP contribution >= 0.6 is 15.9 Å². The molecule has 19 heavy (non-hydrogen) atoms. The molecule has 1 N–H and O–H groups in total. The van der Waals surface area contributed by atoms with Crippen molar-refractivity contribution >= 4 is 15.9 Å². The first-order valence-corrected chi connectivity index (χ1v) is 6.50. The maximum atomic E-state index is 10.4. The summed E-state index contributed by atoms with van der Waals surface area (Å²) in [5.74, 6) is 1.93. The van der Waals surface area contributed by atoms with E-state index in [9.17, 15) is 5.11 Å². The highest BCUT2D eigenvalue weighted by atomic mass is 79.9. The number of benzene rings is 1. The van der Waals surface area contributed by atoms with E-state index in [1.165, 1.54) is 0 Å². The number of furan rings is 1. The van der Waals surface area contributed by atoms with Crippen molar-refractivity contribution in [1.29, 1.82) is 0 Å². The van der Waals surface area contributed by atoms with Gasteiger partial charge in [0.1, 0.15) is 11.9 Å². The van der Waals surface area contributed by atoms with Crippen molar-refractivity contribution in [2.75, 3.05) is 14.2 Å². The molecule has 0 saturated carbocycles. The Morgan fingerprint density at radius 2 is 1.79 bits per heavy atom. The fraction of sp³-hybridized carbons (Fsp3) is 0.286. The van der Waals surface area contributed by atoms with E-state index in [0.717, 1.165) is 10.2 Å². The molecule has 1 heterocycles. The van der Waals surface area contributed by atoms with E-state index in [0.29, 0.717) is 22.6 Å². The van der Waals surface area contributed by atoms with Crippen LogP contribution in [0.3, 0.4) is 0 Å². The summed E-state index contributed by atoms with van der Waals surface area (Å²) < 4.78 is 16.4. The molecular weight excluding hydrogens is 312 g/mol. The minimum Gasteiger partial charge on any atom is -0.493 e. The van der Waals surface area contributed by atoms with Crippen LogP contribution in [0.15, 0.2) is 33.4 Å². The standard InChI is InChI=1S/C14H15BrO4/c1-8-4-9(7-19-8)14(16)10-5-12(17-2)13(18-3)6-11(10)15/h4-7,14,16H,1-3H3. The zero-order valence-electron chi connectivity index (χ0n) is 10.9. The second kappa shape index (κ2) is 5.67. The molecule has 0 amide bonds. The van der Waals surface area contributed by atoms with Gasteiger partial charge in [-0.1, -0.05) is 15.9 Å². The maximum absolute atomic E-state index is 10.4. The molecule has 4 nitrogen and oxygen atoms in total. The summed E-state index contributed by atoms with van der Waals surface area (Å²) >= 11 is 3.43. The van der Waals surface area contributed by atoms with Crippen LogP contribution in [0.2, 0.25) is 0 Å². The summed E-state index contributed by atoms with van der Waals surface area (Å²) in [4.78, 5) is 0. The van der Waals surface area contributed by atoms with E-state index >= 15 is 0 Å². The van der Waals surface area contributed by atoms with Gasteiger partial charge in [-0.15, -0.1) is 0 Å². The fourth-order valence-electron chi connectivity index (χ4n) is 1.87. The van der Waals surface area contributed by atoms with Crippen LogP contribution < -0.4 is 9.47 Å². The minimum atomic E-state index is -0.786. The monoisotopic (exact) mass is 326 g/mol. The number of halogens is 1. The summed E-state index contributed by atoms with van der Waals surface area (Å²) in [7, 11) is 3.13. The molecule has 1 atom stereocenters. The summed E-state index contributed by atoms with van der Waals surface area (Å²) in [5.41, 5.74) is 1.39. The Kier molecular flexibility index (Phi) is 4.17. The van der Waals surface area contributed by atoms with Crippen LogP contribution in [-0.4, -0.2) is 19.3 Å². The van der Waals surface area contributed by atoms with Crippen LogP contribution in [-0.2, 0) is 0 Å². The molecule has 0 radical (unpaired) electrons. The Morgan fingerprint density at radius 3 is 2.32 bits per heavy atom. The molecule has 1 unspecified atom stereocenters. The Morgan fingerprint density at radius 1 is 1.16 bits per heavy atom. The van der Waals surface area contributed by atoms with Crippen molar-refractivity contribution in [3.05, 3.63) is 45.8 Å². The summed E-state index contributed by atoms with van der Waals surface area (Å²) in [6, 6.07) is 5.31. The van der Waals surface area contributed by atoms with Gasteiger partial charge in [0, 0.05) is 15.6 Å². The summed E-state index contributed by atoms with van der Waals surface area (Å²) in [5, 5.41) is 10.4. The predicted octanol–water partition coefficient (Wildman–Crippen LogP) is 3.45. The largest absolute Gasteiger partial charge is 0.493 e. The van der Waals surface area contributed by atoms with Crippen LogP contribution in [0.5, 0.6) is 11.5 Å². The molecule has 0 fully saturated rings. The number of aryl methyl sites for hydroxylation is 1. The van der Waals surface area contributed by atoms with Crippen LogP contribution in [0, 0.1) is 6.92 Å². The van der Waals surface area contributed by atoms with Crippen molar-refractivity contribution in [1.82, 2.24) is 0 Å². The molecule has 0 aliphatic heterocycles. The quantitative estimate of drug-likeness (QED) is 0.934. The molecular formula is C14H15BrO4. The van der Waals surface area contributed by atoms with Gasteiger partial charge < -0.3 is 19.0 Å². The van der Waals surface area contributed by atoms with E-state index < -0.39 is 6.10 Å². The van der Waals surface area contributed by atoms with Crippen molar-refractivity contribution in [2.24, 2.45) is 0 Å². The minimum absolute atomic E-state index is 0.569. The third-order valence-corrected chi connectivity index (χ3v) is 3.55. The third-order valence-electron chi connectivity index (χ3n) is 2.86. The molecule has 0 aliphatic rings. The van der Waals surface area contributed by atoms with Crippen molar-refractivity contribution < 1.29 is 19.0 Å². The third kappa shape index (κ3) is 2.77. The first-order valence-electron chi connectivity index (χ1n) is 5.71. The highest BCUT2D eigenvalue weighted by Gasteiger charge is 2.19. The van der Waals surface area contributed by atoms with Crippen LogP contribution in [0.1, 0.15) is 23.0 Å². The number of hydrogen-bond donors (Lipinski definition) is 1. The number of hydrogen-bond acceptors (Lipinski definition) is 4. The van der Waals surface area contributed by atoms with Crippen molar-refractivity contribution in [2.45, 2.75) is 13.0 Å². The fourth-order valence-corrected chi connectivity index (χ4v) is 2.41. The average molecular weight is 327 g/mol. The lowest BCUT2D eigenvalue weighted by Crippen LogP contribution is -2.01. The van der Waals surface area contributed by atoms with Gasteiger partial charge in [-0.3, -0.25) is 0 Å². The first-order chi connectivity index (χ1) is 9.06. The number of rotatable bonds is 4. The first kappa shape index (κ1) is 14.0. The zero-order chi connectivity index (χ0) is 14.0. The smallest absolute Gasteiger partial charge is 0.161 e. The topological polar surface area (TPSA) is 51.8 Å². The van der Waals surface area contributed by atoms with Gasteiger partial charge in [0.15, 0.2) is 11.5 Å². The molecule has 102 valence electrons. The molecule has 0 spiro atoms. The molecule has 1 aromatic heterocycles. The van der Waals surface area contributed by atoms with Gasteiger partial charge in [0.25, 0.3) is 0 Å². The van der Waals surface area contributed by atoms with Crippen molar-refractivity contribution in [3.63, 3.8) is 0 Å². The van der Waals surface area contributed by atoms with E-state index in [2.05, 4.69) is 15.9 Å². The van der Waals surface area contributed by atoms with Gasteiger partial charge in [-0.2, -0.15) is 0 Å². The Balaban J connectivity index is 2.44. The van der Waals surface area contributed by atoms with E-state index in [-0.39, 0.29) is 0 Å². The van der Waals surface area contributed by atoms with Gasteiger partial charge in [0.05, 0.1) is 20.5 Å². The molecule has 2 rings (SSSR count). The van der Waals surface area contributed by atoms with E-state index in [1.54, 1.807) is 38.7 Å². The molecule has 0 bridgehead atoms. The van der Waals surface area contributed by atoms with E-state index in [1.807, 2.05) is 6.92 Å². The molecule has 0 saturated heterocycles. The maximum Gasteiger partial charge on any atom is 0.161 e. The predicted molar refractivity (Wildman–Crippen MR) is 74.8 cm³/mol. The van der Waals surface area contributed by atoms with E-state index in [4.69, 9.17) is 13.9 Å². The normalized spacial score (nSPS) is 12.3. The lowest BCUT2D eigenvalue weighted by Gasteiger charge is -2.15. The highest BCUT2D eigenvalue weighted by molar-refractivity contribution is 9.10. The Hall–Kier alpha value is -1.46.